The number of hydrogen-bond acceptors (Lipinski definition) is 6. The average molecular weight is 495 g/mol. The molecule has 0 unspecified atom stereocenters. The van der Waals surface area contributed by atoms with Crippen molar-refractivity contribution in [1.82, 2.24) is 29.8 Å². The predicted molar refractivity (Wildman–Crippen MR) is 131 cm³/mol. The maximum Gasteiger partial charge on any atom is 0.278 e. The Morgan fingerprint density at radius 3 is 2.48 bits per heavy atom. The van der Waals surface area contributed by atoms with Crippen molar-refractivity contribution in [1.29, 1.82) is 0 Å². The molecule has 5 rings (SSSR count). The van der Waals surface area contributed by atoms with E-state index in [2.05, 4.69) is 20.5 Å². The van der Waals surface area contributed by atoms with E-state index in [1.54, 1.807) is 24.3 Å². The fraction of sp³-hybridized carbons (Fsp3) is 0.0870. The Morgan fingerprint density at radius 2 is 1.67 bits per heavy atom. The third kappa shape index (κ3) is 4.50. The lowest BCUT2D eigenvalue weighted by atomic mass is 10.2. The molecule has 2 aromatic heterocycles. The first kappa shape index (κ1) is 21.6. The van der Waals surface area contributed by atoms with Gasteiger partial charge in [0.15, 0.2) is 11.0 Å². The van der Waals surface area contributed by atoms with Crippen LogP contribution in [0.3, 0.4) is 0 Å². The summed E-state index contributed by atoms with van der Waals surface area (Å²) in [5.74, 6) is 0.845. The molecule has 0 aliphatic carbocycles. The van der Waals surface area contributed by atoms with Crippen molar-refractivity contribution in [2.75, 3.05) is 0 Å². The number of aromatic nitrogens is 6. The van der Waals surface area contributed by atoms with Crippen molar-refractivity contribution in [3.8, 4) is 11.4 Å². The van der Waals surface area contributed by atoms with Gasteiger partial charge in [0.1, 0.15) is 5.52 Å². The number of fused-ring (bicyclic) bond motifs is 1. The number of nitrogens with zero attached hydrogens (tertiary/aromatic N) is 6. The summed E-state index contributed by atoms with van der Waals surface area (Å²) in [4.78, 5) is 12.8. The van der Waals surface area contributed by atoms with Crippen molar-refractivity contribution in [2.45, 2.75) is 17.6 Å². The van der Waals surface area contributed by atoms with Gasteiger partial charge in [-0.05, 0) is 35.9 Å². The van der Waals surface area contributed by atoms with Gasteiger partial charge < -0.3 is 0 Å². The largest absolute Gasteiger partial charge is 0.297 e. The molecule has 0 bridgehead atoms. The Balaban J connectivity index is 1.51. The first-order valence-corrected chi connectivity index (χ1v) is 11.7. The third-order valence-electron chi connectivity index (χ3n) is 5.02. The summed E-state index contributed by atoms with van der Waals surface area (Å²) in [6, 6.07) is 22.4. The highest BCUT2D eigenvalue weighted by Gasteiger charge is 2.18. The van der Waals surface area contributed by atoms with Crippen molar-refractivity contribution >= 4 is 45.9 Å². The van der Waals surface area contributed by atoms with Crippen LogP contribution in [0.5, 0.6) is 0 Å². The van der Waals surface area contributed by atoms with Crippen molar-refractivity contribution in [3.63, 3.8) is 0 Å². The molecule has 0 spiro atoms. The van der Waals surface area contributed by atoms with E-state index in [1.165, 1.54) is 16.4 Å². The molecular formula is C23H16Cl2N6OS. The molecular weight excluding hydrogens is 479 g/mol. The standard InChI is InChI=1S/C23H16Cl2N6OS/c24-16-10-11-17(19(25)12-16)21-27-28-23(30(21)13-15-6-2-1-3-7-15)33-14-31-22(32)18-8-4-5-9-20(18)26-29-31/h1-12H,13-14H2. The number of thioether (sulfide) groups is 1. The van der Waals surface area contributed by atoms with Crippen LogP contribution >= 0.6 is 35.0 Å². The summed E-state index contributed by atoms with van der Waals surface area (Å²) in [5.41, 5.74) is 2.16. The SMILES string of the molecule is O=c1c2ccccc2nnn1CSc1nnc(-c2ccc(Cl)cc2Cl)n1Cc1ccccc1. The van der Waals surface area contributed by atoms with E-state index in [0.29, 0.717) is 38.5 Å². The molecule has 0 aliphatic rings. The number of benzene rings is 3. The number of halogens is 2. The van der Waals surface area contributed by atoms with Gasteiger partial charge in [-0.25, -0.2) is 0 Å². The van der Waals surface area contributed by atoms with Gasteiger partial charge in [-0.3, -0.25) is 9.36 Å². The van der Waals surface area contributed by atoms with Crippen LogP contribution in [0.2, 0.25) is 10.0 Å². The number of hydrogen-bond donors (Lipinski definition) is 0. The van der Waals surface area contributed by atoms with Crippen molar-refractivity contribution < 1.29 is 0 Å². The van der Waals surface area contributed by atoms with E-state index in [9.17, 15) is 4.79 Å². The predicted octanol–water partition coefficient (Wildman–Crippen LogP) is 5.15. The first-order valence-electron chi connectivity index (χ1n) is 9.98. The van der Waals surface area contributed by atoms with E-state index < -0.39 is 0 Å². The zero-order valence-electron chi connectivity index (χ0n) is 17.1. The van der Waals surface area contributed by atoms with E-state index >= 15 is 0 Å². The van der Waals surface area contributed by atoms with E-state index in [-0.39, 0.29) is 11.4 Å². The molecule has 33 heavy (non-hydrogen) atoms. The van der Waals surface area contributed by atoms with Gasteiger partial charge in [0, 0.05) is 10.6 Å². The fourth-order valence-corrected chi connectivity index (χ4v) is 4.71. The molecule has 0 amide bonds. The maximum absolute atomic E-state index is 12.8. The summed E-state index contributed by atoms with van der Waals surface area (Å²) in [7, 11) is 0. The van der Waals surface area contributed by atoms with E-state index in [1.807, 2.05) is 53.1 Å². The molecule has 0 saturated heterocycles. The Bertz CT molecular complexity index is 1500. The minimum absolute atomic E-state index is 0.205. The highest BCUT2D eigenvalue weighted by Crippen LogP contribution is 2.32. The van der Waals surface area contributed by atoms with Gasteiger partial charge in [0.2, 0.25) is 0 Å². The second-order valence-electron chi connectivity index (χ2n) is 7.19. The van der Waals surface area contributed by atoms with Crippen LogP contribution in [0.15, 0.2) is 82.7 Å². The molecule has 0 N–H and O–H groups in total. The van der Waals surface area contributed by atoms with E-state index in [0.717, 1.165) is 11.1 Å². The van der Waals surface area contributed by atoms with Crippen molar-refractivity contribution in [3.05, 3.63) is 98.8 Å². The topological polar surface area (TPSA) is 78.5 Å². The zero-order chi connectivity index (χ0) is 22.8. The molecule has 7 nitrogen and oxygen atoms in total. The zero-order valence-corrected chi connectivity index (χ0v) is 19.4. The van der Waals surface area contributed by atoms with Crippen LogP contribution < -0.4 is 5.56 Å². The molecule has 0 saturated carbocycles. The van der Waals surface area contributed by atoms with Gasteiger partial charge in [-0.2, -0.15) is 4.68 Å². The maximum atomic E-state index is 12.8. The van der Waals surface area contributed by atoms with Crippen LogP contribution in [-0.2, 0) is 12.4 Å². The quantitative estimate of drug-likeness (QED) is 0.303. The summed E-state index contributed by atoms with van der Waals surface area (Å²) in [6.45, 7) is 0.531. The van der Waals surface area contributed by atoms with Crippen LogP contribution in [0, 0.1) is 0 Å². The lowest BCUT2D eigenvalue weighted by molar-refractivity contribution is 0.639. The number of rotatable bonds is 6. The monoisotopic (exact) mass is 494 g/mol. The van der Waals surface area contributed by atoms with E-state index in [4.69, 9.17) is 23.2 Å². The Hall–Kier alpha value is -3.20. The highest BCUT2D eigenvalue weighted by atomic mass is 35.5. The van der Waals surface area contributed by atoms with Gasteiger partial charge in [0.25, 0.3) is 5.56 Å². The van der Waals surface area contributed by atoms with Gasteiger partial charge in [-0.15, -0.1) is 15.3 Å². The van der Waals surface area contributed by atoms with Crippen LogP contribution in [0.1, 0.15) is 5.56 Å². The second kappa shape index (κ2) is 9.35. The molecule has 10 heteroatoms. The summed E-state index contributed by atoms with van der Waals surface area (Å²) in [6.07, 6.45) is 0. The normalized spacial score (nSPS) is 11.2. The molecule has 5 aromatic rings. The molecule has 0 fully saturated rings. The molecule has 0 aliphatic heterocycles. The summed E-state index contributed by atoms with van der Waals surface area (Å²) >= 11 is 13.9. The smallest absolute Gasteiger partial charge is 0.278 e. The van der Waals surface area contributed by atoms with Crippen molar-refractivity contribution in [2.24, 2.45) is 0 Å². The van der Waals surface area contributed by atoms with Crippen LogP contribution in [0.25, 0.3) is 22.3 Å². The third-order valence-corrected chi connectivity index (χ3v) is 6.50. The van der Waals surface area contributed by atoms with Gasteiger partial charge in [0.05, 0.1) is 22.8 Å². The lowest BCUT2D eigenvalue weighted by Crippen LogP contribution is -2.23. The molecule has 2 heterocycles. The Kier molecular flexibility index (Phi) is 6.13. The molecule has 3 aromatic carbocycles. The Morgan fingerprint density at radius 1 is 0.879 bits per heavy atom. The first-order chi connectivity index (χ1) is 16.1. The van der Waals surface area contributed by atoms with Crippen LogP contribution in [0.4, 0.5) is 0 Å². The van der Waals surface area contributed by atoms with Crippen LogP contribution in [-0.4, -0.2) is 29.8 Å². The molecule has 164 valence electrons. The lowest BCUT2D eigenvalue weighted by Gasteiger charge is -2.12. The average Bonchev–Trinajstić information content (AvgIpc) is 3.21. The molecule has 0 radical (unpaired) electrons. The summed E-state index contributed by atoms with van der Waals surface area (Å²) < 4.78 is 3.29. The highest BCUT2D eigenvalue weighted by molar-refractivity contribution is 7.98. The summed E-state index contributed by atoms with van der Waals surface area (Å²) in [5, 5.41) is 19.2. The van der Waals surface area contributed by atoms with Gasteiger partial charge in [-0.1, -0.05) is 82.6 Å². The molecule has 0 atom stereocenters. The fourth-order valence-electron chi connectivity index (χ4n) is 3.40. The minimum atomic E-state index is -0.205. The van der Waals surface area contributed by atoms with Gasteiger partial charge >= 0.3 is 0 Å². The minimum Gasteiger partial charge on any atom is -0.297 e. The second-order valence-corrected chi connectivity index (χ2v) is 8.94. The Labute approximate surface area is 203 Å².